The highest BCUT2D eigenvalue weighted by atomic mass is 79.9. The van der Waals surface area contributed by atoms with Crippen LogP contribution in [0.15, 0.2) is 28.7 Å². The van der Waals surface area contributed by atoms with E-state index in [1.807, 2.05) is 24.3 Å². The third kappa shape index (κ3) is 2.73. The van der Waals surface area contributed by atoms with Crippen LogP contribution in [0.4, 0.5) is 4.79 Å². The summed E-state index contributed by atoms with van der Waals surface area (Å²) in [6.07, 6.45) is -1.09. The van der Waals surface area contributed by atoms with Gasteiger partial charge < -0.3 is 10.5 Å². The maximum atomic E-state index is 10.5. The van der Waals surface area contributed by atoms with Crippen LogP contribution in [0.2, 0.25) is 0 Å². The van der Waals surface area contributed by atoms with Gasteiger partial charge in [-0.3, -0.25) is 0 Å². The van der Waals surface area contributed by atoms with Crippen molar-refractivity contribution in [2.75, 3.05) is 0 Å². The monoisotopic (exact) mass is 243 g/mol. The van der Waals surface area contributed by atoms with E-state index in [-0.39, 0.29) is 6.10 Å². The second kappa shape index (κ2) is 4.28. The quantitative estimate of drug-likeness (QED) is 0.869. The van der Waals surface area contributed by atoms with Crippen LogP contribution in [0.25, 0.3) is 0 Å². The number of hydrogen-bond acceptors (Lipinski definition) is 2. The number of benzene rings is 1. The molecule has 0 aliphatic heterocycles. The van der Waals surface area contributed by atoms with Crippen molar-refractivity contribution in [3.05, 3.63) is 34.3 Å². The number of hydrogen-bond donors (Lipinski definition) is 1. The Balaban J connectivity index is 2.82. The summed E-state index contributed by atoms with van der Waals surface area (Å²) in [5, 5.41) is 0. The average molecular weight is 244 g/mol. The molecule has 0 heterocycles. The van der Waals surface area contributed by atoms with Gasteiger partial charge >= 0.3 is 6.09 Å². The van der Waals surface area contributed by atoms with Gasteiger partial charge in [-0.2, -0.15) is 0 Å². The van der Waals surface area contributed by atoms with Crippen molar-refractivity contribution in [3.8, 4) is 0 Å². The minimum absolute atomic E-state index is 0.326. The molecule has 1 unspecified atom stereocenters. The van der Waals surface area contributed by atoms with Gasteiger partial charge in [0.1, 0.15) is 6.10 Å². The molecule has 70 valence electrons. The summed E-state index contributed by atoms with van der Waals surface area (Å²) in [5.41, 5.74) is 5.81. The van der Waals surface area contributed by atoms with Gasteiger partial charge in [0.05, 0.1) is 0 Å². The lowest BCUT2D eigenvalue weighted by Crippen LogP contribution is -2.15. The van der Waals surface area contributed by atoms with E-state index >= 15 is 0 Å². The second-order valence-corrected chi connectivity index (χ2v) is 3.45. The number of halogens is 1. The molecule has 2 N–H and O–H groups in total. The molecule has 0 aliphatic rings. The summed E-state index contributed by atoms with van der Waals surface area (Å²) in [6, 6.07) is 7.53. The van der Waals surface area contributed by atoms with E-state index in [2.05, 4.69) is 15.9 Å². The molecular formula is C9H10BrNO2. The van der Waals surface area contributed by atoms with Crippen LogP contribution in [0.5, 0.6) is 0 Å². The van der Waals surface area contributed by atoms with Crippen LogP contribution < -0.4 is 5.73 Å². The molecule has 13 heavy (non-hydrogen) atoms. The lowest BCUT2D eigenvalue weighted by molar-refractivity contribution is 0.116. The van der Waals surface area contributed by atoms with Crippen LogP contribution in [0.3, 0.4) is 0 Å². The number of primary amides is 1. The maximum absolute atomic E-state index is 10.5. The zero-order valence-corrected chi connectivity index (χ0v) is 8.74. The van der Waals surface area contributed by atoms with Gasteiger partial charge in [-0.05, 0) is 13.0 Å². The average Bonchev–Trinajstić information content (AvgIpc) is 2.03. The molecule has 0 aromatic heterocycles. The van der Waals surface area contributed by atoms with E-state index in [0.29, 0.717) is 0 Å². The molecule has 1 rings (SSSR count). The minimum Gasteiger partial charge on any atom is -0.442 e. The van der Waals surface area contributed by atoms with Gasteiger partial charge in [0, 0.05) is 10.0 Å². The molecule has 0 spiro atoms. The summed E-state index contributed by atoms with van der Waals surface area (Å²) in [6.45, 7) is 1.77. The van der Waals surface area contributed by atoms with E-state index in [9.17, 15) is 4.79 Å². The van der Waals surface area contributed by atoms with Crippen molar-refractivity contribution in [3.63, 3.8) is 0 Å². The predicted molar refractivity (Wildman–Crippen MR) is 53.2 cm³/mol. The number of carbonyl (C=O) groups excluding carboxylic acids is 1. The summed E-state index contributed by atoms with van der Waals surface area (Å²) in [7, 11) is 0. The first-order valence-electron chi connectivity index (χ1n) is 3.81. The van der Waals surface area contributed by atoms with Gasteiger partial charge in [-0.25, -0.2) is 4.79 Å². The lowest BCUT2D eigenvalue weighted by Gasteiger charge is -2.12. The van der Waals surface area contributed by atoms with Crippen molar-refractivity contribution in [2.24, 2.45) is 5.73 Å². The number of amides is 1. The molecule has 0 aliphatic carbocycles. The summed E-state index contributed by atoms with van der Waals surface area (Å²) < 4.78 is 5.73. The van der Waals surface area contributed by atoms with Crippen molar-refractivity contribution in [2.45, 2.75) is 13.0 Å². The molecule has 4 heteroatoms. The van der Waals surface area contributed by atoms with Gasteiger partial charge in [-0.15, -0.1) is 0 Å². The van der Waals surface area contributed by atoms with Crippen LogP contribution in [0, 0.1) is 0 Å². The van der Waals surface area contributed by atoms with E-state index in [1.54, 1.807) is 6.92 Å². The Morgan fingerprint density at radius 1 is 1.54 bits per heavy atom. The SMILES string of the molecule is CC(OC(N)=O)c1ccccc1Br. The maximum Gasteiger partial charge on any atom is 0.405 e. The number of ether oxygens (including phenoxy) is 1. The summed E-state index contributed by atoms with van der Waals surface area (Å²) in [4.78, 5) is 10.5. The fraction of sp³-hybridized carbons (Fsp3) is 0.222. The Hall–Kier alpha value is -1.03. The van der Waals surface area contributed by atoms with Crippen LogP contribution in [-0.2, 0) is 4.74 Å². The highest BCUT2D eigenvalue weighted by Gasteiger charge is 2.11. The van der Waals surface area contributed by atoms with Crippen LogP contribution in [-0.4, -0.2) is 6.09 Å². The molecule has 1 aromatic rings. The molecule has 0 bridgehead atoms. The van der Waals surface area contributed by atoms with Gasteiger partial charge in [0.15, 0.2) is 0 Å². The first-order chi connectivity index (χ1) is 6.11. The molecule has 1 atom stereocenters. The Kier molecular flexibility index (Phi) is 3.31. The third-order valence-electron chi connectivity index (χ3n) is 1.64. The van der Waals surface area contributed by atoms with E-state index in [1.165, 1.54) is 0 Å². The first-order valence-corrected chi connectivity index (χ1v) is 4.61. The Bertz CT molecular complexity index is 314. The molecule has 1 aromatic carbocycles. The van der Waals surface area contributed by atoms with Gasteiger partial charge in [0.2, 0.25) is 0 Å². The summed E-state index contributed by atoms with van der Waals surface area (Å²) >= 11 is 3.35. The highest BCUT2D eigenvalue weighted by Crippen LogP contribution is 2.24. The molecule has 0 saturated heterocycles. The normalized spacial score (nSPS) is 12.2. The minimum atomic E-state index is -0.761. The van der Waals surface area contributed by atoms with E-state index in [0.717, 1.165) is 10.0 Å². The Labute approximate surface area is 85.0 Å². The second-order valence-electron chi connectivity index (χ2n) is 2.60. The van der Waals surface area contributed by atoms with Gasteiger partial charge in [-0.1, -0.05) is 34.1 Å². The number of nitrogens with two attached hydrogens (primary N) is 1. The molecule has 1 amide bonds. The molecule has 0 fully saturated rings. The highest BCUT2D eigenvalue weighted by molar-refractivity contribution is 9.10. The molecule has 3 nitrogen and oxygen atoms in total. The Morgan fingerprint density at radius 2 is 2.15 bits per heavy atom. The van der Waals surface area contributed by atoms with E-state index in [4.69, 9.17) is 10.5 Å². The molecule has 0 saturated carbocycles. The molecular weight excluding hydrogens is 234 g/mol. The Morgan fingerprint density at radius 3 is 2.69 bits per heavy atom. The third-order valence-corrected chi connectivity index (χ3v) is 2.36. The van der Waals surface area contributed by atoms with Crippen molar-refractivity contribution in [1.82, 2.24) is 0 Å². The standard InChI is InChI=1S/C9H10BrNO2/c1-6(13-9(11)12)7-4-2-3-5-8(7)10/h2-6H,1H3,(H2,11,12). The lowest BCUT2D eigenvalue weighted by atomic mass is 10.1. The van der Waals surface area contributed by atoms with Gasteiger partial charge in [0.25, 0.3) is 0 Å². The van der Waals surface area contributed by atoms with Crippen LogP contribution in [0.1, 0.15) is 18.6 Å². The largest absolute Gasteiger partial charge is 0.442 e. The number of rotatable bonds is 2. The van der Waals surface area contributed by atoms with Crippen LogP contribution >= 0.6 is 15.9 Å². The van der Waals surface area contributed by atoms with Crippen molar-refractivity contribution < 1.29 is 9.53 Å². The first kappa shape index (κ1) is 10.1. The molecule has 0 radical (unpaired) electrons. The van der Waals surface area contributed by atoms with Crippen molar-refractivity contribution >= 4 is 22.0 Å². The zero-order valence-electron chi connectivity index (χ0n) is 7.16. The number of carbonyl (C=O) groups is 1. The fourth-order valence-corrected chi connectivity index (χ4v) is 1.65. The topological polar surface area (TPSA) is 52.3 Å². The predicted octanol–water partition coefficient (Wildman–Crippen LogP) is 2.61. The summed E-state index contributed by atoms with van der Waals surface area (Å²) in [5.74, 6) is 0. The smallest absolute Gasteiger partial charge is 0.405 e. The zero-order chi connectivity index (χ0) is 9.84. The fourth-order valence-electron chi connectivity index (χ4n) is 1.04. The van der Waals surface area contributed by atoms with Crippen molar-refractivity contribution in [1.29, 1.82) is 0 Å². The van der Waals surface area contributed by atoms with E-state index < -0.39 is 6.09 Å².